The molecule has 4 atom stereocenters. The molecule has 0 unspecified atom stereocenters. The van der Waals surface area contributed by atoms with Crippen LogP contribution in [0.15, 0.2) is 24.3 Å². The Hall–Kier alpha value is -2.61. The zero-order valence-corrected chi connectivity index (χ0v) is 20.1. The fourth-order valence-electron chi connectivity index (χ4n) is 3.76. The highest BCUT2D eigenvalue weighted by Crippen LogP contribution is 2.19. The van der Waals surface area contributed by atoms with E-state index in [4.69, 9.17) is 4.74 Å². The van der Waals surface area contributed by atoms with Gasteiger partial charge in [-0.1, -0.05) is 32.4 Å². The zero-order valence-electron chi connectivity index (χ0n) is 20.1. The first-order valence-corrected chi connectivity index (χ1v) is 12.1. The molecule has 2 rings (SSSR count). The molecule has 1 aromatic carbocycles. The number of benzene rings is 1. The Morgan fingerprint density at radius 1 is 1.27 bits per heavy atom. The van der Waals surface area contributed by atoms with E-state index in [-0.39, 0.29) is 24.1 Å². The molecule has 1 heterocycles. The van der Waals surface area contributed by atoms with Gasteiger partial charge in [0.1, 0.15) is 11.8 Å². The highest BCUT2D eigenvalue weighted by molar-refractivity contribution is 5.87. The van der Waals surface area contributed by atoms with Crippen LogP contribution in [-0.2, 0) is 20.8 Å². The molecule has 184 valence electrons. The molecule has 1 aromatic rings. The third kappa shape index (κ3) is 9.42. The lowest BCUT2D eigenvalue weighted by Crippen LogP contribution is -2.52. The molecule has 8 nitrogen and oxygen atoms in total. The average molecular weight is 462 g/mol. The molecule has 3 amide bonds. The molecular weight excluding hydrogens is 422 g/mol. The third-order valence-corrected chi connectivity index (χ3v) is 5.86. The fourth-order valence-corrected chi connectivity index (χ4v) is 3.76. The van der Waals surface area contributed by atoms with Crippen molar-refractivity contribution in [3.8, 4) is 5.75 Å². The monoisotopic (exact) mass is 461 g/mol. The van der Waals surface area contributed by atoms with Gasteiger partial charge < -0.3 is 25.8 Å². The molecule has 1 aliphatic heterocycles. The first-order chi connectivity index (χ1) is 15.8. The summed E-state index contributed by atoms with van der Waals surface area (Å²) in [5.41, 5.74) is 0.906. The summed E-state index contributed by atoms with van der Waals surface area (Å²) in [7, 11) is 0. The second-order valence-corrected chi connectivity index (χ2v) is 8.91. The first kappa shape index (κ1) is 26.6. The molecular formula is C25H39N3O5. The zero-order chi connectivity index (χ0) is 24.2. The molecule has 33 heavy (non-hydrogen) atoms. The normalized spacial score (nSPS) is 21.9. The van der Waals surface area contributed by atoms with Gasteiger partial charge in [-0.3, -0.25) is 14.4 Å². The number of hydrogen-bond acceptors (Lipinski definition) is 5. The smallest absolute Gasteiger partial charge is 0.242 e. The van der Waals surface area contributed by atoms with Crippen LogP contribution in [0.4, 0.5) is 0 Å². The van der Waals surface area contributed by atoms with E-state index in [1.807, 2.05) is 24.3 Å². The van der Waals surface area contributed by atoms with E-state index in [0.29, 0.717) is 38.2 Å². The number of amides is 3. The van der Waals surface area contributed by atoms with Gasteiger partial charge in [0, 0.05) is 18.9 Å². The summed E-state index contributed by atoms with van der Waals surface area (Å²) in [6.07, 6.45) is 3.25. The van der Waals surface area contributed by atoms with Crippen molar-refractivity contribution in [2.75, 3.05) is 13.2 Å². The van der Waals surface area contributed by atoms with Gasteiger partial charge in [0.05, 0.1) is 18.8 Å². The fraction of sp³-hybridized carbons (Fsp3) is 0.640. The molecule has 0 fully saturated rings. The number of aliphatic hydroxyl groups is 1. The number of carbonyl (C=O) groups excluding carboxylic acids is 3. The number of unbranched alkanes of at least 4 members (excludes halogenated alkanes) is 1. The molecule has 4 N–H and O–H groups in total. The van der Waals surface area contributed by atoms with Crippen molar-refractivity contribution in [3.63, 3.8) is 0 Å². The number of fused-ring (bicyclic) bond motifs is 2. The molecule has 8 heteroatoms. The van der Waals surface area contributed by atoms with Gasteiger partial charge in [0.2, 0.25) is 17.7 Å². The maximum atomic E-state index is 12.8. The largest absolute Gasteiger partial charge is 0.494 e. The Morgan fingerprint density at radius 2 is 2.06 bits per heavy atom. The Balaban J connectivity index is 2.15. The van der Waals surface area contributed by atoms with Gasteiger partial charge in [-0.25, -0.2) is 0 Å². The summed E-state index contributed by atoms with van der Waals surface area (Å²) in [6.45, 7) is 6.57. The number of nitrogens with one attached hydrogen (secondary N) is 3. The second kappa shape index (κ2) is 13.8. The Labute approximate surface area is 196 Å². The lowest BCUT2D eigenvalue weighted by Gasteiger charge is -2.28. The molecule has 0 aromatic heterocycles. The van der Waals surface area contributed by atoms with Crippen molar-refractivity contribution < 1.29 is 24.2 Å². The van der Waals surface area contributed by atoms with Crippen LogP contribution in [0, 0.1) is 5.92 Å². The summed E-state index contributed by atoms with van der Waals surface area (Å²) >= 11 is 0. The van der Waals surface area contributed by atoms with Crippen LogP contribution in [0.3, 0.4) is 0 Å². The summed E-state index contributed by atoms with van der Waals surface area (Å²) in [5, 5.41) is 19.5. The van der Waals surface area contributed by atoms with Gasteiger partial charge >= 0.3 is 0 Å². The highest BCUT2D eigenvalue weighted by atomic mass is 16.5. The summed E-state index contributed by atoms with van der Waals surface area (Å²) in [6, 6.07) is 6.22. The van der Waals surface area contributed by atoms with E-state index in [1.165, 1.54) is 0 Å². The topological polar surface area (TPSA) is 117 Å². The lowest BCUT2D eigenvalue weighted by atomic mass is 9.93. The van der Waals surface area contributed by atoms with Crippen LogP contribution in [0.5, 0.6) is 5.75 Å². The predicted octanol–water partition coefficient (Wildman–Crippen LogP) is 2.08. The Morgan fingerprint density at radius 3 is 2.82 bits per heavy atom. The Bertz CT molecular complexity index is 785. The van der Waals surface area contributed by atoms with Crippen molar-refractivity contribution in [1.82, 2.24) is 16.0 Å². The number of carbonyl (C=O) groups is 3. The first-order valence-electron chi connectivity index (χ1n) is 12.1. The van der Waals surface area contributed by atoms with Gasteiger partial charge in [-0.2, -0.15) is 0 Å². The molecule has 2 bridgehead atoms. The minimum atomic E-state index is -0.941. The summed E-state index contributed by atoms with van der Waals surface area (Å²) in [4.78, 5) is 37.3. The highest BCUT2D eigenvalue weighted by Gasteiger charge is 2.28. The van der Waals surface area contributed by atoms with Gasteiger partial charge in [0.15, 0.2) is 0 Å². The van der Waals surface area contributed by atoms with Crippen LogP contribution in [0.25, 0.3) is 0 Å². The maximum Gasteiger partial charge on any atom is 0.242 e. The Kier molecular flexibility index (Phi) is 11.2. The van der Waals surface area contributed by atoms with Crippen molar-refractivity contribution in [3.05, 3.63) is 29.8 Å². The van der Waals surface area contributed by atoms with Gasteiger partial charge in [-0.15, -0.1) is 0 Å². The van der Waals surface area contributed by atoms with E-state index in [0.717, 1.165) is 24.8 Å². The molecule has 1 aliphatic rings. The number of ether oxygens (including phenoxy) is 1. The second-order valence-electron chi connectivity index (χ2n) is 8.91. The van der Waals surface area contributed by atoms with Crippen molar-refractivity contribution in [2.24, 2.45) is 5.92 Å². The standard InChI is InChI=1S/C25H39N3O5/c1-4-5-12-26-24(31)17(2)14-22(29)21-16-19-9-8-10-20(15-19)33-13-7-6-11-23(30)27-18(3)25(32)28-21/h8-10,15,17-18,21-22,29H,4-7,11-14,16H2,1-3H3,(H,26,31)(H,27,30)(H,28,32)/t17-,18+,21+,22+/m1/s1. The SMILES string of the molecule is CCCCNC(=O)[C@H](C)C[C@H](O)[C@@H]1Cc2cccc(c2)OCCCCC(=O)N[C@@H](C)C(=O)N1. The van der Waals surface area contributed by atoms with Crippen LogP contribution >= 0.6 is 0 Å². The molecule has 0 spiro atoms. The van der Waals surface area contributed by atoms with Crippen LogP contribution in [-0.4, -0.2) is 54.2 Å². The predicted molar refractivity (Wildman–Crippen MR) is 127 cm³/mol. The lowest BCUT2D eigenvalue weighted by molar-refractivity contribution is -0.129. The number of hydrogen-bond donors (Lipinski definition) is 4. The number of rotatable bonds is 7. The third-order valence-electron chi connectivity index (χ3n) is 5.86. The summed E-state index contributed by atoms with van der Waals surface area (Å²) < 4.78 is 5.80. The summed E-state index contributed by atoms with van der Waals surface area (Å²) in [5.74, 6) is -0.361. The molecule has 0 saturated heterocycles. The van der Waals surface area contributed by atoms with Gasteiger partial charge in [-0.05, 0) is 56.7 Å². The van der Waals surface area contributed by atoms with E-state index < -0.39 is 24.1 Å². The quantitative estimate of drug-likeness (QED) is 0.464. The van der Waals surface area contributed by atoms with Crippen molar-refractivity contribution in [1.29, 1.82) is 0 Å². The van der Waals surface area contributed by atoms with Crippen LogP contribution in [0.1, 0.15) is 64.9 Å². The van der Waals surface area contributed by atoms with E-state index in [1.54, 1.807) is 13.8 Å². The van der Waals surface area contributed by atoms with Crippen LogP contribution < -0.4 is 20.7 Å². The molecule has 0 aliphatic carbocycles. The number of aliphatic hydroxyl groups excluding tert-OH is 1. The molecule has 0 saturated carbocycles. The van der Waals surface area contributed by atoms with Gasteiger partial charge in [0.25, 0.3) is 0 Å². The van der Waals surface area contributed by atoms with E-state index >= 15 is 0 Å². The van der Waals surface area contributed by atoms with Crippen molar-refractivity contribution >= 4 is 17.7 Å². The average Bonchev–Trinajstić information content (AvgIpc) is 2.78. The van der Waals surface area contributed by atoms with Crippen LogP contribution in [0.2, 0.25) is 0 Å². The minimum absolute atomic E-state index is 0.109. The minimum Gasteiger partial charge on any atom is -0.494 e. The van der Waals surface area contributed by atoms with E-state index in [2.05, 4.69) is 22.9 Å². The van der Waals surface area contributed by atoms with Crippen molar-refractivity contribution in [2.45, 2.75) is 83.9 Å². The molecule has 0 radical (unpaired) electrons. The van der Waals surface area contributed by atoms with E-state index in [9.17, 15) is 19.5 Å². The maximum absolute atomic E-state index is 12.8.